The van der Waals surface area contributed by atoms with Gasteiger partial charge in [0.25, 0.3) is 0 Å². The summed E-state index contributed by atoms with van der Waals surface area (Å²) in [6.07, 6.45) is 3.13. The molecule has 0 aliphatic heterocycles. The van der Waals surface area contributed by atoms with Crippen molar-refractivity contribution < 1.29 is 4.39 Å². The minimum atomic E-state index is -0.159. The maximum atomic E-state index is 12.6. The van der Waals surface area contributed by atoms with E-state index in [1.807, 2.05) is 12.1 Å². The van der Waals surface area contributed by atoms with Crippen molar-refractivity contribution in [2.24, 2.45) is 5.92 Å². The molecule has 0 saturated heterocycles. The van der Waals surface area contributed by atoms with Gasteiger partial charge in [-0.15, -0.1) is 0 Å². The van der Waals surface area contributed by atoms with Gasteiger partial charge in [-0.2, -0.15) is 0 Å². The van der Waals surface area contributed by atoms with Crippen molar-refractivity contribution in [2.45, 2.75) is 26.2 Å². The van der Waals surface area contributed by atoms with E-state index in [9.17, 15) is 4.39 Å². The summed E-state index contributed by atoms with van der Waals surface area (Å²) in [5, 5.41) is 0. The lowest BCUT2D eigenvalue weighted by molar-refractivity contribution is 0.534. The third kappa shape index (κ3) is 3.58. The van der Waals surface area contributed by atoms with Crippen molar-refractivity contribution >= 4 is 0 Å². The molecule has 1 heteroatoms. The summed E-state index contributed by atoms with van der Waals surface area (Å²) in [6, 6.07) is 6.75. The van der Waals surface area contributed by atoms with Gasteiger partial charge in [-0.05, 0) is 30.0 Å². The lowest BCUT2D eigenvalue weighted by Gasteiger charge is -2.09. The van der Waals surface area contributed by atoms with Crippen LogP contribution in [-0.2, 0) is 6.42 Å². The highest BCUT2D eigenvalue weighted by Crippen LogP contribution is 2.13. The molecule has 0 nitrogen and oxygen atoms in total. The van der Waals surface area contributed by atoms with Crippen LogP contribution in [0.2, 0.25) is 0 Å². The number of benzene rings is 1. The van der Waals surface area contributed by atoms with Gasteiger partial charge in [0.1, 0.15) is 5.82 Å². The summed E-state index contributed by atoms with van der Waals surface area (Å²) in [6.45, 7) is 6.02. The summed E-state index contributed by atoms with van der Waals surface area (Å²) in [5.74, 6) is 0.483. The predicted molar refractivity (Wildman–Crippen MR) is 53.9 cm³/mol. The number of hydrogen-bond acceptors (Lipinski definition) is 0. The molecule has 0 bridgehead atoms. The van der Waals surface area contributed by atoms with Crippen LogP contribution in [-0.4, -0.2) is 0 Å². The zero-order valence-electron chi connectivity index (χ0n) is 8.09. The van der Waals surface area contributed by atoms with Gasteiger partial charge in [0.05, 0.1) is 0 Å². The highest BCUT2D eigenvalue weighted by atomic mass is 19.1. The van der Waals surface area contributed by atoms with Gasteiger partial charge in [-0.1, -0.05) is 38.8 Å². The van der Waals surface area contributed by atoms with Crippen molar-refractivity contribution in [2.75, 3.05) is 0 Å². The molecule has 1 radical (unpaired) electrons. The highest BCUT2D eigenvalue weighted by molar-refractivity contribution is 5.16. The first kappa shape index (κ1) is 10.2. The molecule has 13 heavy (non-hydrogen) atoms. The SMILES string of the molecule is [CH2]CCC(C)Cc1ccc(F)cc1. The summed E-state index contributed by atoms with van der Waals surface area (Å²) in [5.41, 5.74) is 1.21. The van der Waals surface area contributed by atoms with Gasteiger partial charge in [0.15, 0.2) is 0 Å². The third-order valence-corrected chi connectivity index (χ3v) is 2.19. The molecule has 71 valence electrons. The average molecular weight is 179 g/mol. The molecular formula is C12H16F. The summed E-state index contributed by atoms with van der Waals surface area (Å²) >= 11 is 0. The lowest BCUT2D eigenvalue weighted by Crippen LogP contribution is -1.98. The largest absolute Gasteiger partial charge is 0.207 e. The Morgan fingerprint density at radius 2 is 1.92 bits per heavy atom. The van der Waals surface area contributed by atoms with E-state index in [0.717, 1.165) is 19.3 Å². The second kappa shape index (κ2) is 5.00. The average Bonchev–Trinajstić information content (AvgIpc) is 2.09. The fourth-order valence-electron chi connectivity index (χ4n) is 1.47. The molecule has 1 unspecified atom stereocenters. The van der Waals surface area contributed by atoms with Crippen LogP contribution in [0.5, 0.6) is 0 Å². The molecule has 0 heterocycles. The van der Waals surface area contributed by atoms with Crippen LogP contribution in [0.4, 0.5) is 4.39 Å². The fourth-order valence-corrected chi connectivity index (χ4v) is 1.47. The Morgan fingerprint density at radius 1 is 1.31 bits per heavy atom. The quantitative estimate of drug-likeness (QED) is 0.662. The molecule has 0 fully saturated rings. The number of halogens is 1. The summed E-state index contributed by atoms with van der Waals surface area (Å²) in [4.78, 5) is 0. The maximum Gasteiger partial charge on any atom is 0.123 e. The zero-order valence-corrected chi connectivity index (χ0v) is 8.09. The maximum absolute atomic E-state index is 12.6. The van der Waals surface area contributed by atoms with Crippen LogP contribution in [0, 0.1) is 18.7 Å². The molecule has 0 aliphatic rings. The van der Waals surface area contributed by atoms with Gasteiger partial charge in [0, 0.05) is 0 Å². The van der Waals surface area contributed by atoms with E-state index in [-0.39, 0.29) is 5.82 Å². The molecular weight excluding hydrogens is 163 g/mol. The standard InChI is InChI=1S/C12H16F/c1-3-4-10(2)9-11-5-7-12(13)8-6-11/h5-8,10H,1,3-4,9H2,2H3. The van der Waals surface area contributed by atoms with Crippen molar-refractivity contribution in [1.82, 2.24) is 0 Å². The molecule has 0 amide bonds. The Bertz CT molecular complexity index is 238. The second-order valence-electron chi connectivity index (χ2n) is 3.58. The van der Waals surface area contributed by atoms with Crippen molar-refractivity contribution in [1.29, 1.82) is 0 Å². The molecule has 0 aromatic heterocycles. The Hall–Kier alpha value is -0.850. The highest BCUT2D eigenvalue weighted by Gasteiger charge is 2.02. The Morgan fingerprint density at radius 3 is 2.46 bits per heavy atom. The van der Waals surface area contributed by atoms with Gasteiger partial charge in [-0.3, -0.25) is 0 Å². The van der Waals surface area contributed by atoms with Crippen LogP contribution < -0.4 is 0 Å². The van der Waals surface area contributed by atoms with E-state index in [0.29, 0.717) is 5.92 Å². The Kier molecular flexibility index (Phi) is 3.94. The van der Waals surface area contributed by atoms with E-state index < -0.39 is 0 Å². The normalized spacial score (nSPS) is 12.8. The van der Waals surface area contributed by atoms with Crippen molar-refractivity contribution in [3.05, 3.63) is 42.6 Å². The van der Waals surface area contributed by atoms with Crippen LogP contribution >= 0.6 is 0 Å². The molecule has 1 aromatic carbocycles. The zero-order chi connectivity index (χ0) is 9.68. The summed E-state index contributed by atoms with van der Waals surface area (Å²) in [7, 11) is 0. The van der Waals surface area contributed by atoms with Gasteiger partial charge in [-0.25, -0.2) is 4.39 Å². The molecule has 0 spiro atoms. The molecule has 0 aliphatic carbocycles. The number of hydrogen-bond donors (Lipinski definition) is 0. The fraction of sp³-hybridized carbons (Fsp3) is 0.417. The van der Waals surface area contributed by atoms with Gasteiger partial charge < -0.3 is 0 Å². The van der Waals surface area contributed by atoms with Crippen molar-refractivity contribution in [3.8, 4) is 0 Å². The topological polar surface area (TPSA) is 0 Å². The van der Waals surface area contributed by atoms with Crippen LogP contribution in [0.1, 0.15) is 25.3 Å². The van der Waals surface area contributed by atoms with E-state index in [1.54, 1.807) is 0 Å². The van der Waals surface area contributed by atoms with Crippen LogP contribution in [0.3, 0.4) is 0 Å². The molecule has 1 aromatic rings. The second-order valence-corrected chi connectivity index (χ2v) is 3.58. The van der Waals surface area contributed by atoms with E-state index in [2.05, 4.69) is 13.8 Å². The minimum Gasteiger partial charge on any atom is -0.207 e. The van der Waals surface area contributed by atoms with Gasteiger partial charge >= 0.3 is 0 Å². The minimum absolute atomic E-state index is 0.159. The first-order valence-corrected chi connectivity index (χ1v) is 4.76. The van der Waals surface area contributed by atoms with Gasteiger partial charge in [0.2, 0.25) is 0 Å². The number of rotatable bonds is 4. The molecule has 0 saturated carbocycles. The molecule has 0 N–H and O–H groups in total. The monoisotopic (exact) mass is 179 g/mol. The van der Waals surface area contributed by atoms with E-state index >= 15 is 0 Å². The molecule has 1 atom stereocenters. The lowest BCUT2D eigenvalue weighted by atomic mass is 9.97. The Labute approximate surface area is 79.8 Å². The van der Waals surface area contributed by atoms with Crippen LogP contribution in [0.25, 0.3) is 0 Å². The van der Waals surface area contributed by atoms with Crippen LogP contribution in [0.15, 0.2) is 24.3 Å². The first-order valence-electron chi connectivity index (χ1n) is 4.76. The Balaban J connectivity index is 2.49. The third-order valence-electron chi connectivity index (χ3n) is 2.19. The smallest absolute Gasteiger partial charge is 0.123 e. The van der Waals surface area contributed by atoms with E-state index in [4.69, 9.17) is 0 Å². The first-order chi connectivity index (χ1) is 6.22. The van der Waals surface area contributed by atoms with E-state index in [1.165, 1.54) is 17.7 Å². The molecule has 1 rings (SSSR count). The summed E-state index contributed by atoms with van der Waals surface area (Å²) < 4.78 is 12.6. The van der Waals surface area contributed by atoms with Crippen molar-refractivity contribution in [3.63, 3.8) is 0 Å². The predicted octanol–water partition coefficient (Wildman–Crippen LogP) is 3.62.